The van der Waals surface area contributed by atoms with Crippen LogP contribution in [-0.4, -0.2) is 0 Å². The zero-order valence-corrected chi connectivity index (χ0v) is 23.9. The molecule has 0 saturated carbocycles. The smallest absolute Gasteiger partial charge is 0.135 e. The van der Waals surface area contributed by atoms with E-state index >= 15 is 0 Å². The van der Waals surface area contributed by atoms with Crippen LogP contribution < -0.4 is 4.90 Å². The van der Waals surface area contributed by atoms with Crippen molar-refractivity contribution >= 4 is 71.3 Å². The molecule has 0 atom stereocenters. The van der Waals surface area contributed by atoms with Crippen LogP contribution in [0.5, 0.6) is 0 Å². The van der Waals surface area contributed by atoms with E-state index in [4.69, 9.17) is 4.42 Å². The van der Waals surface area contributed by atoms with Gasteiger partial charge in [0.15, 0.2) is 0 Å². The molecule has 0 fully saturated rings. The number of rotatable bonds is 4. The summed E-state index contributed by atoms with van der Waals surface area (Å²) in [4.78, 5) is 2.36. The van der Waals surface area contributed by atoms with E-state index < -0.39 is 0 Å². The lowest BCUT2D eigenvalue weighted by atomic mass is 9.96. The number of anilines is 3. The molecule has 1 aromatic heterocycles. The van der Waals surface area contributed by atoms with Gasteiger partial charge in [0, 0.05) is 27.8 Å². The molecule has 9 rings (SSSR count). The summed E-state index contributed by atoms with van der Waals surface area (Å²) in [7, 11) is 0. The third-order valence-electron chi connectivity index (χ3n) is 8.82. The van der Waals surface area contributed by atoms with Gasteiger partial charge in [0.1, 0.15) is 11.2 Å². The van der Waals surface area contributed by atoms with Crippen molar-refractivity contribution in [1.82, 2.24) is 0 Å². The fraction of sp³-hybridized carbons (Fsp3) is 0. The molecule has 0 aliphatic carbocycles. The molecule has 0 spiro atoms. The van der Waals surface area contributed by atoms with Crippen molar-refractivity contribution in [3.05, 3.63) is 164 Å². The summed E-state index contributed by atoms with van der Waals surface area (Å²) >= 11 is 0. The highest BCUT2D eigenvalue weighted by Crippen LogP contribution is 2.41. The molecule has 8 aromatic carbocycles. The minimum absolute atomic E-state index is 0.894. The molecular weight excluding hydrogens is 534 g/mol. The molecule has 206 valence electrons. The van der Waals surface area contributed by atoms with Gasteiger partial charge >= 0.3 is 0 Å². The largest absolute Gasteiger partial charge is 0.456 e. The average molecular weight is 562 g/mol. The molecule has 0 N–H and O–H groups in total. The van der Waals surface area contributed by atoms with E-state index in [0.29, 0.717) is 0 Å². The maximum absolute atomic E-state index is 6.19. The van der Waals surface area contributed by atoms with E-state index in [1.165, 1.54) is 43.4 Å². The van der Waals surface area contributed by atoms with Crippen LogP contribution in [0.1, 0.15) is 0 Å². The Morgan fingerprint density at radius 3 is 1.70 bits per heavy atom. The summed E-state index contributed by atoms with van der Waals surface area (Å²) in [6.45, 7) is 0. The summed E-state index contributed by atoms with van der Waals surface area (Å²) in [5.41, 5.74) is 7.50. The van der Waals surface area contributed by atoms with Crippen LogP contribution in [0.4, 0.5) is 17.1 Å². The lowest BCUT2D eigenvalue weighted by molar-refractivity contribution is 0.669. The number of hydrogen-bond donors (Lipinski definition) is 0. The van der Waals surface area contributed by atoms with E-state index in [9.17, 15) is 0 Å². The summed E-state index contributed by atoms with van der Waals surface area (Å²) in [5, 5.41) is 9.78. The van der Waals surface area contributed by atoms with Gasteiger partial charge in [0.2, 0.25) is 0 Å². The number of para-hydroxylation sites is 1. The molecule has 0 radical (unpaired) electrons. The molecule has 0 saturated heterocycles. The topological polar surface area (TPSA) is 16.4 Å². The van der Waals surface area contributed by atoms with Gasteiger partial charge in [0.05, 0.1) is 0 Å². The second-order valence-electron chi connectivity index (χ2n) is 11.4. The van der Waals surface area contributed by atoms with Gasteiger partial charge in [0.25, 0.3) is 0 Å². The minimum atomic E-state index is 0.894. The van der Waals surface area contributed by atoms with Crippen LogP contribution in [0.25, 0.3) is 65.4 Å². The first kappa shape index (κ1) is 24.7. The van der Waals surface area contributed by atoms with E-state index in [-0.39, 0.29) is 0 Å². The number of furan rings is 1. The monoisotopic (exact) mass is 561 g/mol. The Kier molecular flexibility index (Phi) is 5.54. The van der Waals surface area contributed by atoms with Crippen LogP contribution >= 0.6 is 0 Å². The Labute approximate surface area is 255 Å². The number of fused-ring (bicyclic) bond motifs is 8. The first-order valence-corrected chi connectivity index (χ1v) is 15.0. The van der Waals surface area contributed by atoms with Gasteiger partial charge in [-0.15, -0.1) is 0 Å². The van der Waals surface area contributed by atoms with Crippen molar-refractivity contribution in [2.75, 3.05) is 4.90 Å². The molecular formula is C42H27NO. The second-order valence-corrected chi connectivity index (χ2v) is 11.4. The Morgan fingerprint density at radius 2 is 0.886 bits per heavy atom. The van der Waals surface area contributed by atoms with E-state index in [2.05, 4.69) is 157 Å². The summed E-state index contributed by atoms with van der Waals surface area (Å²) in [5.74, 6) is 0. The van der Waals surface area contributed by atoms with Gasteiger partial charge < -0.3 is 9.32 Å². The minimum Gasteiger partial charge on any atom is -0.456 e. The van der Waals surface area contributed by atoms with Crippen molar-refractivity contribution in [1.29, 1.82) is 0 Å². The van der Waals surface area contributed by atoms with Crippen molar-refractivity contribution in [3.8, 4) is 11.1 Å². The zero-order valence-electron chi connectivity index (χ0n) is 23.9. The van der Waals surface area contributed by atoms with Crippen molar-refractivity contribution < 1.29 is 4.42 Å². The van der Waals surface area contributed by atoms with Crippen LogP contribution in [0.15, 0.2) is 168 Å². The summed E-state index contributed by atoms with van der Waals surface area (Å²) < 4.78 is 6.19. The third-order valence-corrected chi connectivity index (χ3v) is 8.82. The van der Waals surface area contributed by atoms with Gasteiger partial charge in [-0.1, -0.05) is 115 Å². The van der Waals surface area contributed by atoms with Crippen molar-refractivity contribution in [2.24, 2.45) is 0 Å². The second kappa shape index (κ2) is 9.86. The maximum Gasteiger partial charge on any atom is 0.135 e. The molecule has 1 heterocycles. The molecule has 0 unspecified atom stereocenters. The average Bonchev–Trinajstić information content (AvgIpc) is 3.47. The zero-order chi connectivity index (χ0) is 29.0. The highest BCUT2D eigenvalue weighted by molar-refractivity contribution is 6.20. The molecule has 44 heavy (non-hydrogen) atoms. The Balaban J connectivity index is 1.29. The van der Waals surface area contributed by atoms with E-state index in [1.54, 1.807) is 0 Å². The fourth-order valence-corrected chi connectivity index (χ4v) is 6.69. The van der Waals surface area contributed by atoms with Gasteiger partial charge in [-0.2, -0.15) is 0 Å². The van der Waals surface area contributed by atoms with Gasteiger partial charge in [-0.05, 0) is 92.0 Å². The van der Waals surface area contributed by atoms with E-state index in [1.807, 2.05) is 12.1 Å². The standard InChI is InChI=1S/C42H27NO/c1-2-8-28(9-3-1)29-18-21-33(22-19-29)43(35-24-25-41-39(27-35)37-12-6-7-13-40(37)44-41)34-23-20-31-15-17-32-16-14-30-10-4-5-11-36(30)42(32)38(31)26-34/h1-27H. The number of benzene rings is 8. The highest BCUT2D eigenvalue weighted by Gasteiger charge is 2.17. The molecule has 0 aliphatic rings. The molecule has 9 aromatic rings. The van der Waals surface area contributed by atoms with Gasteiger partial charge in [-0.3, -0.25) is 0 Å². The fourth-order valence-electron chi connectivity index (χ4n) is 6.69. The molecule has 2 heteroatoms. The quantitative estimate of drug-likeness (QED) is 0.199. The number of hydrogen-bond acceptors (Lipinski definition) is 2. The molecule has 0 amide bonds. The van der Waals surface area contributed by atoms with Crippen LogP contribution in [0.3, 0.4) is 0 Å². The van der Waals surface area contributed by atoms with Crippen LogP contribution in [0, 0.1) is 0 Å². The predicted octanol–water partition coefficient (Wildman–Crippen LogP) is 12.2. The lowest BCUT2D eigenvalue weighted by Crippen LogP contribution is -2.09. The first-order valence-electron chi connectivity index (χ1n) is 15.0. The normalized spacial score (nSPS) is 11.6. The molecule has 0 bridgehead atoms. The number of nitrogens with zero attached hydrogens (tertiary/aromatic N) is 1. The Hall–Kier alpha value is -5.86. The first-order chi connectivity index (χ1) is 21.8. The van der Waals surface area contributed by atoms with Crippen molar-refractivity contribution in [2.45, 2.75) is 0 Å². The van der Waals surface area contributed by atoms with Gasteiger partial charge in [-0.25, -0.2) is 0 Å². The van der Waals surface area contributed by atoms with E-state index in [0.717, 1.165) is 39.0 Å². The molecule has 0 aliphatic heterocycles. The Morgan fingerprint density at radius 1 is 0.341 bits per heavy atom. The lowest BCUT2D eigenvalue weighted by Gasteiger charge is -2.26. The third kappa shape index (κ3) is 3.96. The Bertz CT molecular complexity index is 2480. The molecule has 2 nitrogen and oxygen atoms in total. The van der Waals surface area contributed by atoms with Crippen LogP contribution in [0.2, 0.25) is 0 Å². The SMILES string of the molecule is c1ccc(-c2ccc(N(c3ccc4oc5ccccc5c4c3)c3ccc4ccc5ccc6ccccc6c5c4c3)cc2)cc1. The summed E-state index contributed by atoms with van der Waals surface area (Å²) in [6, 6.07) is 58.7. The predicted molar refractivity (Wildman–Crippen MR) is 186 cm³/mol. The van der Waals surface area contributed by atoms with Crippen molar-refractivity contribution in [3.63, 3.8) is 0 Å². The highest BCUT2D eigenvalue weighted by atomic mass is 16.3. The summed E-state index contributed by atoms with van der Waals surface area (Å²) in [6.07, 6.45) is 0. The van der Waals surface area contributed by atoms with Crippen LogP contribution in [-0.2, 0) is 0 Å². The maximum atomic E-state index is 6.19.